The lowest BCUT2D eigenvalue weighted by Gasteiger charge is -2.13. The SMILES string of the molecule is C[C@@H]1C[C@@H](CC(=O)O)C(=O)N1C. The molecule has 4 nitrogen and oxygen atoms in total. The number of hydrogen-bond donors (Lipinski definition) is 1. The highest BCUT2D eigenvalue weighted by molar-refractivity contribution is 5.85. The lowest BCUT2D eigenvalue weighted by Crippen LogP contribution is -2.27. The molecule has 0 unspecified atom stereocenters. The van der Waals surface area contributed by atoms with Crippen LogP contribution in [0.1, 0.15) is 19.8 Å². The molecule has 0 radical (unpaired) electrons. The molecule has 1 amide bonds. The van der Waals surface area contributed by atoms with Gasteiger partial charge in [0.05, 0.1) is 12.3 Å². The molecule has 0 saturated carbocycles. The summed E-state index contributed by atoms with van der Waals surface area (Å²) >= 11 is 0. The van der Waals surface area contributed by atoms with Crippen LogP contribution in [0.15, 0.2) is 0 Å². The summed E-state index contributed by atoms with van der Waals surface area (Å²) in [7, 11) is 1.72. The van der Waals surface area contributed by atoms with Gasteiger partial charge in [0.1, 0.15) is 0 Å². The monoisotopic (exact) mass is 171 g/mol. The minimum absolute atomic E-state index is 0.0342. The minimum atomic E-state index is -0.893. The summed E-state index contributed by atoms with van der Waals surface area (Å²) in [6.45, 7) is 1.93. The van der Waals surface area contributed by atoms with Crippen LogP contribution in [-0.4, -0.2) is 35.0 Å². The first-order valence-corrected chi connectivity index (χ1v) is 4.01. The topological polar surface area (TPSA) is 57.6 Å². The van der Waals surface area contributed by atoms with Crippen molar-refractivity contribution in [3.63, 3.8) is 0 Å². The number of aliphatic carboxylic acids is 1. The summed E-state index contributed by atoms with van der Waals surface area (Å²) in [6, 6.07) is 0.182. The van der Waals surface area contributed by atoms with Crippen molar-refractivity contribution in [1.82, 2.24) is 4.90 Å². The average molecular weight is 171 g/mol. The zero-order chi connectivity index (χ0) is 9.30. The number of carboxylic acid groups (broad SMARTS) is 1. The van der Waals surface area contributed by atoms with Gasteiger partial charge in [0.25, 0.3) is 0 Å². The summed E-state index contributed by atoms with van der Waals surface area (Å²) in [4.78, 5) is 23.3. The molecule has 0 aliphatic carbocycles. The fraction of sp³-hybridized carbons (Fsp3) is 0.750. The van der Waals surface area contributed by atoms with Crippen LogP contribution in [-0.2, 0) is 9.59 Å². The molecule has 1 aliphatic rings. The number of amides is 1. The Bertz CT molecular complexity index is 214. The zero-order valence-corrected chi connectivity index (χ0v) is 7.28. The van der Waals surface area contributed by atoms with Gasteiger partial charge in [-0.15, -0.1) is 0 Å². The largest absolute Gasteiger partial charge is 0.481 e. The molecule has 1 saturated heterocycles. The van der Waals surface area contributed by atoms with Crippen LogP contribution in [0.2, 0.25) is 0 Å². The number of carbonyl (C=O) groups is 2. The Morgan fingerprint density at radius 1 is 1.75 bits per heavy atom. The first kappa shape index (κ1) is 9.03. The quantitative estimate of drug-likeness (QED) is 0.651. The van der Waals surface area contributed by atoms with E-state index in [9.17, 15) is 9.59 Å². The summed E-state index contributed by atoms with van der Waals surface area (Å²) in [6.07, 6.45) is 0.634. The second-order valence-corrected chi connectivity index (χ2v) is 3.33. The van der Waals surface area contributed by atoms with E-state index in [1.54, 1.807) is 11.9 Å². The number of carbonyl (C=O) groups excluding carboxylic acids is 1. The van der Waals surface area contributed by atoms with Crippen molar-refractivity contribution >= 4 is 11.9 Å². The average Bonchev–Trinajstić information content (AvgIpc) is 2.17. The second-order valence-electron chi connectivity index (χ2n) is 3.33. The Morgan fingerprint density at radius 3 is 2.67 bits per heavy atom. The first-order valence-electron chi connectivity index (χ1n) is 4.01. The fourth-order valence-electron chi connectivity index (χ4n) is 1.56. The van der Waals surface area contributed by atoms with Crippen molar-refractivity contribution in [3.8, 4) is 0 Å². The summed E-state index contributed by atoms with van der Waals surface area (Å²) in [5, 5.41) is 8.49. The molecule has 2 atom stereocenters. The van der Waals surface area contributed by atoms with E-state index in [0.717, 1.165) is 0 Å². The van der Waals surface area contributed by atoms with E-state index >= 15 is 0 Å². The summed E-state index contributed by atoms with van der Waals surface area (Å²) in [5.74, 6) is -1.23. The molecular formula is C8H13NO3. The van der Waals surface area contributed by atoms with E-state index in [-0.39, 0.29) is 24.3 Å². The van der Waals surface area contributed by atoms with Crippen molar-refractivity contribution in [1.29, 1.82) is 0 Å². The third kappa shape index (κ3) is 1.57. The molecule has 1 fully saturated rings. The van der Waals surface area contributed by atoms with E-state index < -0.39 is 5.97 Å². The molecule has 1 N–H and O–H groups in total. The van der Waals surface area contributed by atoms with Crippen LogP contribution in [0.3, 0.4) is 0 Å². The van der Waals surface area contributed by atoms with Crippen LogP contribution < -0.4 is 0 Å². The molecule has 0 aromatic carbocycles. The lowest BCUT2D eigenvalue weighted by molar-refractivity contribution is -0.141. The molecule has 12 heavy (non-hydrogen) atoms. The standard InChI is InChI=1S/C8H13NO3/c1-5-3-6(4-7(10)11)8(12)9(5)2/h5-6H,3-4H2,1-2H3,(H,10,11)/t5-,6+/m1/s1. The Hall–Kier alpha value is -1.06. The van der Waals surface area contributed by atoms with Crippen LogP contribution >= 0.6 is 0 Å². The van der Waals surface area contributed by atoms with E-state index in [0.29, 0.717) is 6.42 Å². The first-order chi connectivity index (χ1) is 5.52. The van der Waals surface area contributed by atoms with E-state index in [2.05, 4.69) is 0 Å². The van der Waals surface area contributed by atoms with E-state index in [1.165, 1.54) is 0 Å². The van der Waals surface area contributed by atoms with Gasteiger partial charge >= 0.3 is 5.97 Å². The molecule has 68 valence electrons. The number of likely N-dealkylation sites (tertiary alicyclic amines) is 1. The maximum Gasteiger partial charge on any atom is 0.304 e. The summed E-state index contributed by atoms with van der Waals surface area (Å²) < 4.78 is 0. The van der Waals surface area contributed by atoms with Gasteiger partial charge in [-0.2, -0.15) is 0 Å². The molecule has 0 bridgehead atoms. The van der Waals surface area contributed by atoms with Crippen molar-refractivity contribution in [2.24, 2.45) is 5.92 Å². The van der Waals surface area contributed by atoms with Gasteiger partial charge in [-0.1, -0.05) is 0 Å². The zero-order valence-electron chi connectivity index (χ0n) is 7.28. The van der Waals surface area contributed by atoms with Crippen molar-refractivity contribution in [3.05, 3.63) is 0 Å². The number of carboxylic acids is 1. The van der Waals surface area contributed by atoms with Gasteiger partial charge < -0.3 is 10.0 Å². The van der Waals surface area contributed by atoms with Crippen molar-refractivity contribution in [2.75, 3.05) is 7.05 Å². The molecular weight excluding hydrogens is 158 g/mol. The smallest absolute Gasteiger partial charge is 0.304 e. The molecule has 0 aromatic rings. The molecule has 0 aromatic heterocycles. The van der Waals surface area contributed by atoms with Gasteiger partial charge in [0.2, 0.25) is 5.91 Å². The van der Waals surface area contributed by atoms with E-state index in [4.69, 9.17) is 5.11 Å². The Labute approximate surface area is 71.2 Å². The van der Waals surface area contributed by atoms with Gasteiger partial charge in [-0.3, -0.25) is 9.59 Å². The van der Waals surface area contributed by atoms with Crippen LogP contribution in [0.5, 0.6) is 0 Å². The van der Waals surface area contributed by atoms with Gasteiger partial charge in [0.15, 0.2) is 0 Å². The molecule has 1 rings (SSSR count). The lowest BCUT2D eigenvalue weighted by atomic mass is 10.0. The molecule has 4 heteroatoms. The Balaban J connectivity index is 2.59. The minimum Gasteiger partial charge on any atom is -0.481 e. The maximum absolute atomic E-state index is 11.3. The highest BCUT2D eigenvalue weighted by Crippen LogP contribution is 2.25. The normalized spacial score (nSPS) is 29.5. The highest BCUT2D eigenvalue weighted by atomic mass is 16.4. The van der Waals surface area contributed by atoms with Crippen LogP contribution in [0.4, 0.5) is 0 Å². The Kier molecular flexibility index (Phi) is 2.35. The molecule has 1 heterocycles. The van der Waals surface area contributed by atoms with Gasteiger partial charge in [-0.05, 0) is 13.3 Å². The third-order valence-electron chi connectivity index (χ3n) is 2.40. The van der Waals surface area contributed by atoms with Crippen molar-refractivity contribution in [2.45, 2.75) is 25.8 Å². The fourth-order valence-corrected chi connectivity index (χ4v) is 1.56. The van der Waals surface area contributed by atoms with Crippen LogP contribution in [0.25, 0.3) is 0 Å². The van der Waals surface area contributed by atoms with Gasteiger partial charge in [-0.25, -0.2) is 0 Å². The number of rotatable bonds is 2. The number of hydrogen-bond acceptors (Lipinski definition) is 2. The Morgan fingerprint density at radius 2 is 2.33 bits per heavy atom. The summed E-state index contributed by atoms with van der Waals surface area (Å²) in [5.41, 5.74) is 0. The predicted octanol–water partition coefficient (Wildman–Crippen LogP) is 0.328. The van der Waals surface area contributed by atoms with E-state index in [1.807, 2.05) is 6.92 Å². The second kappa shape index (κ2) is 3.13. The molecule has 1 aliphatic heterocycles. The number of nitrogens with zero attached hydrogens (tertiary/aromatic N) is 1. The molecule has 0 spiro atoms. The highest BCUT2D eigenvalue weighted by Gasteiger charge is 2.35. The van der Waals surface area contributed by atoms with Crippen LogP contribution in [0, 0.1) is 5.92 Å². The maximum atomic E-state index is 11.3. The van der Waals surface area contributed by atoms with Gasteiger partial charge in [0, 0.05) is 13.1 Å². The predicted molar refractivity (Wildman–Crippen MR) is 42.6 cm³/mol. The third-order valence-corrected chi connectivity index (χ3v) is 2.40. The van der Waals surface area contributed by atoms with Crippen molar-refractivity contribution < 1.29 is 14.7 Å².